The van der Waals surface area contributed by atoms with E-state index in [0.717, 1.165) is 24.8 Å². The Morgan fingerprint density at radius 1 is 1.20 bits per heavy atom. The van der Waals surface area contributed by atoms with Crippen molar-refractivity contribution in [2.75, 3.05) is 25.6 Å². The number of carboxylic acids is 1. The minimum absolute atomic E-state index is 0.159. The molecule has 35 heavy (non-hydrogen) atoms. The van der Waals surface area contributed by atoms with Gasteiger partial charge >= 0.3 is 18.6 Å². The number of nitrogens with zero attached hydrogens (tertiary/aromatic N) is 4. The zero-order valence-corrected chi connectivity index (χ0v) is 17.9. The number of carbonyl (C=O) groups is 2. The summed E-state index contributed by atoms with van der Waals surface area (Å²) >= 11 is 0. The molecule has 1 aliphatic heterocycles. The van der Waals surface area contributed by atoms with E-state index in [2.05, 4.69) is 24.7 Å². The van der Waals surface area contributed by atoms with Crippen LogP contribution in [0.3, 0.4) is 0 Å². The fraction of sp³-hybridized carbons (Fsp3) is 0.421. The third kappa shape index (κ3) is 6.40. The number of fused-ring (bicyclic) bond motifs is 1. The molecule has 1 aliphatic rings. The number of alkyl halides is 5. The zero-order chi connectivity index (χ0) is 25.8. The van der Waals surface area contributed by atoms with E-state index >= 15 is 0 Å². The second-order valence-electron chi connectivity index (χ2n) is 7.05. The number of nitrogens with one attached hydrogen (secondary N) is 1. The van der Waals surface area contributed by atoms with Gasteiger partial charge in [-0.3, -0.25) is 9.20 Å². The predicted molar refractivity (Wildman–Crippen MR) is 105 cm³/mol. The molecule has 190 valence electrons. The van der Waals surface area contributed by atoms with Crippen molar-refractivity contribution in [2.24, 2.45) is 0 Å². The molecule has 11 nitrogen and oxygen atoms in total. The van der Waals surface area contributed by atoms with Gasteiger partial charge in [0.05, 0.1) is 19.0 Å². The van der Waals surface area contributed by atoms with Gasteiger partial charge in [-0.05, 0) is 12.8 Å². The summed E-state index contributed by atoms with van der Waals surface area (Å²) in [5.74, 6) is -3.64. The quantitative estimate of drug-likeness (QED) is 0.497. The average Bonchev–Trinajstić information content (AvgIpc) is 3.47. The van der Waals surface area contributed by atoms with Crippen LogP contribution in [-0.4, -0.2) is 62.8 Å². The Kier molecular flexibility index (Phi) is 7.83. The SMILES string of the molecule is COc1nc(NC(=O)c2coc(C(F)F)n2)cn2cc(C3CCOCC3)nc12.O=C(O)C(F)(F)F. The van der Waals surface area contributed by atoms with Crippen LogP contribution in [0.1, 0.15) is 47.3 Å². The molecule has 2 N–H and O–H groups in total. The summed E-state index contributed by atoms with van der Waals surface area (Å²) in [5.41, 5.74) is 1.14. The lowest BCUT2D eigenvalue weighted by Gasteiger charge is -2.19. The van der Waals surface area contributed by atoms with E-state index in [1.807, 2.05) is 6.20 Å². The summed E-state index contributed by atoms with van der Waals surface area (Å²) in [6.07, 6.45) is -1.93. The number of aromatic nitrogens is 4. The molecule has 3 aromatic heterocycles. The number of oxazole rings is 1. The molecular weight excluding hydrogens is 489 g/mol. The van der Waals surface area contributed by atoms with Crippen molar-refractivity contribution in [1.29, 1.82) is 0 Å². The number of anilines is 1. The highest BCUT2D eigenvalue weighted by molar-refractivity contribution is 6.02. The first-order valence-electron chi connectivity index (χ1n) is 9.86. The number of amides is 1. The van der Waals surface area contributed by atoms with Crippen molar-refractivity contribution in [3.05, 3.63) is 35.9 Å². The van der Waals surface area contributed by atoms with Gasteiger partial charge in [0.2, 0.25) is 5.65 Å². The van der Waals surface area contributed by atoms with Gasteiger partial charge < -0.3 is 24.3 Å². The van der Waals surface area contributed by atoms with Crippen LogP contribution in [0, 0.1) is 0 Å². The number of carboxylic acid groups (broad SMARTS) is 1. The van der Waals surface area contributed by atoms with E-state index in [4.69, 9.17) is 19.4 Å². The number of hydrogen-bond acceptors (Lipinski definition) is 8. The van der Waals surface area contributed by atoms with Crippen LogP contribution in [0.25, 0.3) is 5.65 Å². The maximum Gasteiger partial charge on any atom is 0.490 e. The Morgan fingerprint density at radius 3 is 2.40 bits per heavy atom. The Balaban J connectivity index is 0.000000429. The summed E-state index contributed by atoms with van der Waals surface area (Å²) in [6, 6.07) is 0. The van der Waals surface area contributed by atoms with E-state index in [1.165, 1.54) is 7.11 Å². The number of aliphatic carboxylic acids is 1. The molecule has 1 fully saturated rings. The van der Waals surface area contributed by atoms with E-state index in [-0.39, 0.29) is 23.3 Å². The highest BCUT2D eigenvalue weighted by Crippen LogP contribution is 2.29. The number of methoxy groups -OCH3 is 1. The molecular formula is C19H18F5N5O6. The lowest BCUT2D eigenvalue weighted by atomic mass is 9.97. The first-order valence-corrected chi connectivity index (χ1v) is 9.86. The normalized spacial score (nSPS) is 14.5. The Hall–Kier alpha value is -3.82. The molecule has 1 saturated heterocycles. The minimum atomic E-state index is -5.08. The smallest absolute Gasteiger partial charge is 0.478 e. The van der Waals surface area contributed by atoms with Gasteiger partial charge in [-0.2, -0.15) is 26.9 Å². The van der Waals surface area contributed by atoms with E-state index in [9.17, 15) is 26.7 Å². The fourth-order valence-electron chi connectivity index (χ4n) is 3.05. The van der Waals surface area contributed by atoms with Crippen LogP contribution >= 0.6 is 0 Å². The number of hydrogen-bond donors (Lipinski definition) is 2. The van der Waals surface area contributed by atoms with Crippen molar-refractivity contribution >= 4 is 23.3 Å². The van der Waals surface area contributed by atoms with Gasteiger partial charge in [0.15, 0.2) is 11.5 Å². The summed E-state index contributed by atoms with van der Waals surface area (Å²) < 4.78 is 73.8. The lowest BCUT2D eigenvalue weighted by Crippen LogP contribution is -2.21. The number of carbonyl (C=O) groups excluding carboxylic acids is 1. The molecule has 0 atom stereocenters. The number of ether oxygens (including phenoxy) is 2. The Morgan fingerprint density at radius 2 is 1.86 bits per heavy atom. The monoisotopic (exact) mass is 507 g/mol. The summed E-state index contributed by atoms with van der Waals surface area (Å²) in [5, 5.41) is 9.63. The molecule has 4 rings (SSSR count). The number of rotatable bonds is 5. The molecule has 4 heterocycles. The van der Waals surface area contributed by atoms with Crippen molar-refractivity contribution in [3.63, 3.8) is 0 Å². The zero-order valence-electron chi connectivity index (χ0n) is 17.9. The van der Waals surface area contributed by atoms with Crippen LogP contribution in [0.5, 0.6) is 5.88 Å². The van der Waals surface area contributed by atoms with E-state index < -0.39 is 30.4 Å². The Bertz CT molecular complexity index is 1190. The van der Waals surface area contributed by atoms with Crippen LogP contribution < -0.4 is 10.1 Å². The van der Waals surface area contributed by atoms with Crippen LogP contribution in [0.4, 0.5) is 27.8 Å². The molecule has 0 radical (unpaired) electrons. The van der Waals surface area contributed by atoms with Crippen molar-refractivity contribution < 1.29 is 50.5 Å². The van der Waals surface area contributed by atoms with Gasteiger partial charge in [-0.25, -0.2) is 14.8 Å². The van der Waals surface area contributed by atoms with Crippen molar-refractivity contribution in [2.45, 2.75) is 31.4 Å². The first kappa shape index (κ1) is 25.8. The Labute approximate surface area is 192 Å². The second-order valence-corrected chi connectivity index (χ2v) is 7.05. The molecule has 0 aliphatic carbocycles. The van der Waals surface area contributed by atoms with Gasteiger partial charge in [0.25, 0.3) is 17.7 Å². The molecule has 0 unspecified atom stereocenters. The molecule has 16 heteroatoms. The standard InChI is InChI=1S/C17H17F2N5O4.C2HF3O2/c1-26-17-14-20-10(9-2-4-27-5-3-9)6-24(14)7-12(23-17)22-15(25)11-8-28-16(21-11)13(18)19;3-2(4,5)1(6)7/h6-9,13H,2-5H2,1H3,(H,22,25);(H,6,7). The van der Waals surface area contributed by atoms with E-state index in [0.29, 0.717) is 18.9 Å². The topological polar surface area (TPSA) is 141 Å². The molecule has 3 aromatic rings. The maximum atomic E-state index is 12.6. The van der Waals surface area contributed by atoms with Gasteiger partial charge in [-0.1, -0.05) is 0 Å². The number of halogens is 5. The summed E-state index contributed by atoms with van der Waals surface area (Å²) in [7, 11) is 1.45. The summed E-state index contributed by atoms with van der Waals surface area (Å²) in [4.78, 5) is 33.4. The summed E-state index contributed by atoms with van der Waals surface area (Å²) in [6.45, 7) is 1.38. The molecule has 0 bridgehead atoms. The van der Waals surface area contributed by atoms with Gasteiger partial charge in [0.1, 0.15) is 6.26 Å². The average molecular weight is 507 g/mol. The molecule has 0 aromatic carbocycles. The first-order chi connectivity index (χ1) is 16.5. The lowest BCUT2D eigenvalue weighted by molar-refractivity contribution is -0.192. The maximum absolute atomic E-state index is 12.6. The van der Waals surface area contributed by atoms with E-state index in [1.54, 1.807) is 10.6 Å². The molecule has 0 spiro atoms. The van der Waals surface area contributed by atoms with Crippen LogP contribution in [0.15, 0.2) is 23.1 Å². The highest BCUT2D eigenvalue weighted by Gasteiger charge is 2.38. The van der Waals surface area contributed by atoms with Crippen LogP contribution in [0.2, 0.25) is 0 Å². The highest BCUT2D eigenvalue weighted by atomic mass is 19.4. The third-order valence-electron chi connectivity index (χ3n) is 4.68. The minimum Gasteiger partial charge on any atom is -0.478 e. The molecule has 0 saturated carbocycles. The van der Waals surface area contributed by atoms with Gasteiger partial charge in [-0.15, -0.1) is 0 Å². The predicted octanol–water partition coefficient (Wildman–Crippen LogP) is 3.44. The van der Waals surface area contributed by atoms with Crippen molar-refractivity contribution in [3.8, 4) is 5.88 Å². The molecule has 1 amide bonds. The third-order valence-corrected chi connectivity index (χ3v) is 4.68. The fourth-order valence-corrected chi connectivity index (χ4v) is 3.05. The second kappa shape index (κ2) is 10.6. The largest absolute Gasteiger partial charge is 0.490 e. The van der Waals surface area contributed by atoms with Crippen LogP contribution in [-0.2, 0) is 9.53 Å². The van der Waals surface area contributed by atoms with Gasteiger partial charge in [0, 0.05) is 25.3 Å². The van der Waals surface area contributed by atoms with Crippen molar-refractivity contribution in [1.82, 2.24) is 19.4 Å². The number of imidazole rings is 1.